The van der Waals surface area contributed by atoms with Crippen LogP contribution in [0.4, 0.5) is 0 Å². The maximum absolute atomic E-state index is 14.6. The normalized spacial score (nSPS) is 23.7. The van der Waals surface area contributed by atoms with Crippen LogP contribution in [0.1, 0.15) is 185 Å². The fraction of sp³-hybridized carbons (Fsp3) is 0.636. The molecule has 1 aromatic heterocycles. The molecule has 8 amide bonds. The van der Waals surface area contributed by atoms with E-state index in [2.05, 4.69) is 53.1 Å². The van der Waals surface area contributed by atoms with Gasteiger partial charge in [-0.05, 0) is 145 Å². The lowest BCUT2D eigenvalue weighted by Gasteiger charge is -2.33. The van der Waals surface area contributed by atoms with Crippen molar-refractivity contribution in [1.29, 1.82) is 0 Å². The molecule has 0 radical (unpaired) electrons. The molecule has 2 unspecified atom stereocenters. The molecule has 1 aliphatic heterocycles. The van der Waals surface area contributed by atoms with E-state index < -0.39 is 141 Å². The number of carbonyl (C=O) groups is 14. The van der Waals surface area contributed by atoms with E-state index in [9.17, 15) is 67.1 Å². The summed E-state index contributed by atoms with van der Waals surface area (Å²) in [5, 5.41) is 19.4. The molecule has 1 aliphatic rings. The third kappa shape index (κ3) is 24.7. The summed E-state index contributed by atoms with van der Waals surface area (Å²) in [4.78, 5) is 192. The second-order valence-electron chi connectivity index (χ2n) is 26.3. The summed E-state index contributed by atoms with van der Waals surface area (Å²) in [5.74, 6) is -12.4. The first kappa shape index (κ1) is 78.4. The molecule has 0 aliphatic carbocycles. The zero-order valence-electron chi connectivity index (χ0n) is 56.0. The Morgan fingerprint density at radius 3 is 1.91 bits per heavy atom. The molecule has 2 aromatic rings. The number of amides is 8. The SMILES string of the molecule is CC(=O)C[C@]1(C)CCCCCC/C=C/CCC[C@@](C)(C(=O)NC(C)C(=O)N[C@@H](C)C(=O)C(=O)[C@H](C)NNC(C)(C)C(=O)N[C@@H](C)C(=O)N[C@H](C)C(N)=O)NC(=O)[C@H](CC(C)C)CN[C@@H](CCC(N)=O)C(=O)C(=O)C(C)NC(=O)[C@H](Cc2c[nH]c3ccccc23)CC1=O. The number of ketones is 6. The van der Waals surface area contributed by atoms with Gasteiger partial charge in [0.05, 0.1) is 30.1 Å². The minimum atomic E-state index is -1.68. The van der Waals surface area contributed by atoms with Gasteiger partial charge in [-0.2, -0.15) is 0 Å². The standard InChI is InChI=1S/C66H102N12O14/c1-37(2)31-47-36-70-50(27-28-52(67)81)56(85)54(83)40(5)72-60(89)45(32-46-35-69-49-26-22-21-25-48(46)49)33-51(80)65(12,34-38(3)79)29-23-19-17-15-14-16-18-20-24-30-66(13,76-61(47)90)63(92)75-44(9)58(87)71-39(4)53(82)55(84)41(6)77-78-64(10,11)62(91)74-43(8)59(88)73-42(7)57(68)86/h16,18,21-22,25-26,35,37,39-45,47,50,69-70,77-78H,14-15,17,19-20,23-24,27-34,36H2,1-13H3,(H2,67,81)(H2,68,86)(H,71,87)(H,72,89)(H,73,88)(H,74,91)(H,75,92)(H,76,90)/b18-16+/t39-,40?,41-,42+,43-,44?,45+,47+,50-,65-,66-/m0/s1. The van der Waals surface area contributed by atoms with Crippen molar-refractivity contribution in [1.82, 2.24) is 53.1 Å². The maximum atomic E-state index is 14.6. The molecule has 0 saturated heterocycles. The average molecular weight is 1290 g/mol. The largest absolute Gasteiger partial charge is 0.370 e. The number of aromatic amines is 1. The first-order valence-corrected chi connectivity index (χ1v) is 32.0. The molecule has 510 valence electrons. The van der Waals surface area contributed by atoms with Crippen LogP contribution in [0.15, 0.2) is 42.6 Å². The number of hydrazine groups is 1. The van der Waals surface area contributed by atoms with Crippen LogP contribution in [0.5, 0.6) is 0 Å². The fourth-order valence-electron chi connectivity index (χ4n) is 10.8. The molecule has 0 fully saturated rings. The Hall–Kier alpha value is -7.84. The molecule has 11 atom stereocenters. The van der Waals surface area contributed by atoms with Crippen molar-refractivity contribution in [3.63, 3.8) is 0 Å². The Balaban J connectivity index is 1.89. The van der Waals surface area contributed by atoms with Crippen molar-refractivity contribution in [2.24, 2.45) is 34.6 Å². The highest BCUT2D eigenvalue weighted by Gasteiger charge is 2.41. The van der Waals surface area contributed by atoms with Crippen LogP contribution in [0.3, 0.4) is 0 Å². The smallest absolute Gasteiger partial charge is 0.246 e. The summed E-state index contributed by atoms with van der Waals surface area (Å²) in [5.41, 5.74) is 13.3. The number of hydrogen-bond acceptors (Lipinski definition) is 17. The monoisotopic (exact) mass is 1290 g/mol. The van der Waals surface area contributed by atoms with Gasteiger partial charge in [-0.1, -0.05) is 70.4 Å². The molecule has 0 bridgehead atoms. The second kappa shape index (κ2) is 36.4. The number of H-pyrrole nitrogens is 1. The Morgan fingerprint density at radius 2 is 1.29 bits per heavy atom. The van der Waals surface area contributed by atoms with E-state index in [1.807, 2.05) is 50.3 Å². The number of para-hydroxylation sites is 1. The van der Waals surface area contributed by atoms with Crippen molar-refractivity contribution in [2.45, 2.75) is 240 Å². The molecule has 14 N–H and O–H groups in total. The van der Waals surface area contributed by atoms with Gasteiger partial charge in [-0.25, -0.2) is 10.9 Å². The van der Waals surface area contributed by atoms with E-state index in [0.717, 1.165) is 42.1 Å². The number of nitrogens with two attached hydrogens (primary N) is 2. The zero-order chi connectivity index (χ0) is 69.4. The van der Waals surface area contributed by atoms with Crippen molar-refractivity contribution >= 4 is 92.9 Å². The maximum Gasteiger partial charge on any atom is 0.246 e. The van der Waals surface area contributed by atoms with Crippen molar-refractivity contribution in [3.05, 3.63) is 48.2 Å². The predicted octanol–water partition coefficient (Wildman–Crippen LogP) is 2.66. The van der Waals surface area contributed by atoms with Gasteiger partial charge in [-0.15, -0.1) is 0 Å². The number of hydrogen-bond donors (Lipinski definition) is 12. The number of nitrogens with one attached hydrogen (secondary N) is 10. The quantitative estimate of drug-likeness (QED) is 0.0408. The van der Waals surface area contributed by atoms with Crippen LogP contribution in [-0.2, 0) is 73.5 Å². The van der Waals surface area contributed by atoms with Crippen molar-refractivity contribution in [2.75, 3.05) is 6.54 Å². The summed E-state index contributed by atoms with van der Waals surface area (Å²) in [7, 11) is 0. The third-order valence-electron chi connectivity index (χ3n) is 16.8. The lowest BCUT2D eigenvalue weighted by Crippen LogP contribution is -2.63. The topological polar surface area (TPSA) is 415 Å². The summed E-state index contributed by atoms with van der Waals surface area (Å²) in [6, 6.07) is -1.39. The minimum Gasteiger partial charge on any atom is -0.370 e. The lowest BCUT2D eigenvalue weighted by molar-refractivity contribution is -0.141. The first-order valence-electron chi connectivity index (χ1n) is 32.0. The van der Waals surface area contributed by atoms with E-state index in [1.54, 1.807) is 13.1 Å². The number of primary amides is 2. The number of aromatic nitrogens is 1. The molecule has 3 rings (SSSR count). The highest BCUT2D eigenvalue weighted by atomic mass is 16.2. The molecule has 26 heteroatoms. The van der Waals surface area contributed by atoms with Crippen molar-refractivity contribution < 1.29 is 67.1 Å². The summed E-state index contributed by atoms with van der Waals surface area (Å²) < 4.78 is 0. The van der Waals surface area contributed by atoms with Gasteiger partial charge in [0.25, 0.3) is 0 Å². The van der Waals surface area contributed by atoms with Crippen LogP contribution in [0.25, 0.3) is 10.9 Å². The van der Waals surface area contributed by atoms with Crippen LogP contribution >= 0.6 is 0 Å². The average Bonchev–Trinajstić information content (AvgIpc) is 1.53. The van der Waals surface area contributed by atoms with Gasteiger partial charge in [-0.3, -0.25) is 67.1 Å². The number of benzene rings is 1. The van der Waals surface area contributed by atoms with Gasteiger partial charge in [0, 0.05) is 54.2 Å². The van der Waals surface area contributed by atoms with E-state index in [-0.39, 0.29) is 69.0 Å². The summed E-state index contributed by atoms with van der Waals surface area (Å²) in [6.07, 6.45) is 10.2. The van der Waals surface area contributed by atoms with Crippen LogP contribution in [0.2, 0.25) is 0 Å². The molecule has 0 spiro atoms. The Labute approximate surface area is 540 Å². The van der Waals surface area contributed by atoms with E-state index in [1.165, 1.54) is 69.2 Å². The first-order chi connectivity index (χ1) is 42.9. The van der Waals surface area contributed by atoms with Gasteiger partial charge >= 0.3 is 0 Å². The fourth-order valence-corrected chi connectivity index (χ4v) is 10.8. The van der Waals surface area contributed by atoms with E-state index in [4.69, 9.17) is 11.5 Å². The molecule has 0 saturated carbocycles. The Morgan fingerprint density at radius 1 is 0.696 bits per heavy atom. The number of carbonyl (C=O) groups excluding carboxylic acids is 14. The summed E-state index contributed by atoms with van der Waals surface area (Å²) >= 11 is 0. The minimum absolute atomic E-state index is 0.0302. The number of fused-ring (bicyclic) bond motifs is 1. The summed E-state index contributed by atoms with van der Waals surface area (Å²) in [6.45, 7) is 19.1. The molecule has 2 heterocycles. The van der Waals surface area contributed by atoms with Gasteiger partial charge < -0.3 is 53.7 Å². The zero-order valence-corrected chi connectivity index (χ0v) is 56.0. The third-order valence-corrected chi connectivity index (χ3v) is 16.8. The lowest BCUT2D eigenvalue weighted by atomic mass is 9.73. The predicted molar refractivity (Wildman–Crippen MR) is 346 cm³/mol. The van der Waals surface area contributed by atoms with Gasteiger partial charge in [0.15, 0.2) is 0 Å². The van der Waals surface area contributed by atoms with Crippen LogP contribution < -0.4 is 59.5 Å². The molecule has 92 heavy (non-hydrogen) atoms. The molecule has 26 nitrogen and oxygen atoms in total. The number of allylic oxidation sites excluding steroid dienone is 2. The molecule has 1 aromatic carbocycles. The van der Waals surface area contributed by atoms with Crippen molar-refractivity contribution in [3.8, 4) is 0 Å². The van der Waals surface area contributed by atoms with E-state index >= 15 is 0 Å². The molecular weight excluding hydrogens is 1180 g/mol. The number of Topliss-reactive ketones (excluding diaryl/α,β-unsaturated/α-hetero) is 6. The Kier molecular flexibility index (Phi) is 31.0. The Bertz CT molecular complexity index is 3030. The highest BCUT2D eigenvalue weighted by Crippen LogP contribution is 2.34. The van der Waals surface area contributed by atoms with Gasteiger partial charge in [0.1, 0.15) is 40.8 Å². The van der Waals surface area contributed by atoms with Crippen LogP contribution in [-0.4, -0.2) is 147 Å². The highest BCUT2D eigenvalue weighted by molar-refractivity contribution is 6.41. The molecular formula is C66H102N12O14. The van der Waals surface area contributed by atoms with E-state index in [0.29, 0.717) is 25.7 Å². The van der Waals surface area contributed by atoms with Crippen LogP contribution in [0, 0.1) is 23.2 Å². The second-order valence-corrected chi connectivity index (χ2v) is 26.3. The number of rotatable bonds is 24. The van der Waals surface area contributed by atoms with Gasteiger partial charge in [0.2, 0.25) is 70.4 Å².